The first-order chi connectivity index (χ1) is 12.3. The minimum Gasteiger partial charge on any atom is -0.497 e. The zero-order chi connectivity index (χ0) is 19.3. The number of benzene rings is 2. The fraction of sp³-hybridized carbons (Fsp3) is 0.278. The number of nitrogens with zero attached hydrogens (tertiary/aromatic N) is 1. The molecule has 2 rings (SSSR count). The number of carbonyl (C=O) groups is 1. The molecule has 8 heteroatoms. The molecule has 0 spiro atoms. The van der Waals surface area contributed by atoms with Gasteiger partial charge in [-0.3, -0.25) is 9.10 Å². The van der Waals surface area contributed by atoms with Gasteiger partial charge in [-0.2, -0.15) is 0 Å². The van der Waals surface area contributed by atoms with Gasteiger partial charge in [0.05, 0.1) is 24.7 Å². The maximum Gasteiger partial charge on any atom is 0.248 e. The Morgan fingerprint density at radius 1 is 1.19 bits per heavy atom. The number of anilines is 2. The predicted molar refractivity (Wildman–Crippen MR) is 107 cm³/mol. The number of nitrogens with one attached hydrogen (secondary N) is 1. The van der Waals surface area contributed by atoms with E-state index in [9.17, 15) is 13.2 Å². The Morgan fingerprint density at radius 3 is 2.31 bits per heavy atom. The van der Waals surface area contributed by atoms with E-state index in [1.54, 1.807) is 49.4 Å². The number of halogens is 1. The molecular weight excluding hydrogens is 420 g/mol. The number of amides is 1. The molecule has 0 bridgehead atoms. The van der Waals surface area contributed by atoms with E-state index in [0.29, 0.717) is 23.5 Å². The molecule has 26 heavy (non-hydrogen) atoms. The topological polar surface area (TPSA) is 75.7 Å². The molecule has 0 aliphatic carbocycles. The smallest absolute Gasteiger partial charge is 0.248 e. The number of carbonyl (C=O) groups excluding carboxylic acids is 1. The van der Waals surface area contributed by atoms with E-state index in [1.165, 1.54) is 7.11 Å². The third-order valence-electron chi connectivity index (χ3n) is 3.79. The summed E-state index contributed by atoms with van der Waals surface area (Å²) in [6, 6.07) is 12.8. The predicted octanol–water partition coefficient (Wildman–Crippen LogP) is 3.64. The zero-order valence-corrected chi connectivity index (χ0v) is 17.2. The molecule has 1 N–H and O–H groups in total. The second kappa shape index (κ2) is 8.55. The van der Waals surface area contributed by atoms with Crippen LogP contribution in [0.15, 0.2) is 53.0 Å². The van der Waals surface area contributed by atoms with Crippen molar-refractivity contribution in [3.05, 3.63) is 53.0 Å². The molecular formula is C18H21BrN2O4S. The largest absolute Gasteiger partial charge is 0.497 e. The molecule has 0 saturated carbocycles. The summed E-state index contributed by atoms with van der Waals surface area (Å²) in [5.74, 6) is 0.202. The minimum atomic E-state index is -3.68. The molecule has 0 aliphatic rings. The van der Waals surface area contributed by atoms with Crippen LogP contribution >= 0.6 is 15.9 Å². The Kier molecular flexibility index (Phi) is 6.66. The van der Waals surface area contributed by atoms with E-state index in [2.05, 4.69) is 21.2 Å². The average Bonchev–Trinajstić information content (AvgIpc) is 2.60. The molecule has 2 aromatic carbocycles. The summed E-state index contributed by atoms with van der Waals surface area (Å²) in [5, 5.41) is 2.79. The molecule has 0 fully saturated rings. The summed E-state index contributed by atoms with van der Waals surface area (Å²) in [7, 11) is -2.15. The zero-order valence-electron chi connectivity index (χ0n) is 14.8. The van der Waals surface area contributed by atoms with Crippen molar-refractivity contribution in [3.8, 4) is 5.75 Å². The van der Waals surface area contributed by atoms with Crippen molar-refractivity contribution in [3.63, 3.8) is 0 Å². The first-order valence-electron chi connectivity index (χ1n) is 7.96. The van der Waals surface area contributed by atoms with Crippen molar-refractivity contribution in [1.82, 2.24) is 0 Å². The number of hydrogen-bond donors (Lipinski definition) is 1. The van der Waals surface area contributed by atoms with Gasteiger partial charge >= 0.3 is 0 Å². The maximum atomic E-state index is 12.8. The molecule has 140 valence electrons. The van der Waals surface area contributed by atoms with Gasteiger partial charge < -0.3 is 10.1 Å². The van der Waals surface area contributed by atoms with Crippen LogP contribution in [0, 0.1) is 0 Å². The summed E-state index contributed by atoms with van der Waals surface area (Å²) < 4.78 is 31.8. The number of para-hydroxylation sites is 1. The van der Waals surface area contributed by atoms with Crippen LogP contribution < -0.4 is 14.4 Å². The molecule has 0 aromatic heterocycles. The highest BCUT2D eigenvalue weighted by molar-refractivity contribution is 9.10. The lowest BCUT2D eigenvalue weighted by atomic mass is 10.1. The van der Waals surface area contributed by atoms with E-state index >= 15 is 0 Å². The highest BCUT2D eigenvalue weighted by Gasteiger charge is 2.31. The summed E-state index contributed by atoms with van der Waals surface area (Å²) in [5.41, 5.74) is 0.988. The number of ether oxygens (including phenoxy) is 1. The van der Waals surface area contributed by atoms with Crippen LogP contribution in [-0.4, -0.2) is 33.7 Å². The van der Waals surface area contributed by atoms with Crippen molar-refractivity contribution in [1.29, 1.82) is 0 Å². The molecule has 6 nitrogen and oxygen atoms in total. The van der Waals surface area contributed by atoms with Crippen LogP contribution in [0.2, 0.25) is 0 Å². The van der Waals surface area contributed by atoms with E-state index in [4.69, 9.17) is 4.74 Å². The fourth-order valence-electron chi connectivity index (χ4n) is 2.57. The summed E-state index contributed by atoms with van der Waals surface area (Å²) in [6.07, 6.45) is 1.40. The van der Waals surface area contributed by atoms with Crippen molar-refractivity contribution in [2.24, 2.45) is 0 Å². The Labute approximate surface area is 162 Å². The molecule has 0 saturated heterocycles. The van der Waals surface area contributed by atoms with E-state index in [0.717, 1.165) is 15.0 Å². The third-order valence-corrected chi connectivity index (χ3v) is 5.66. The molecule has 1 unspecified atom stereocenters. The monoisotopic (exact) mass is 440 g/mol. The molecule has 1 amide bonds. The van der Waals surface area contributed by atoms with Gasteiger partial charge in [0.25, 0.3) is 0 Å². The van der Waals surface area contributed by atoms with Crippen molar-refractivity contribution < 1.29 is 17.9 Å². The summed E-state index contributed by atoms with van der Waals surface area (Å²) >= 11 is 3.37. The van der Waals surface area contributed by atoms with E-state index in [1.807, 2.05) is 6.07 Å². The van der Waals surface area contributed by atoms with Gasteiger partial charge in [0.15, 0.2) is 0 Å². The minimum absolute atomic E-state index is 0.315. The SMILES string of the molecule is CCC(C(=O)Nc1ccccc1Br)N(c1ccc(OC)cc1)S(C)(=O)=O. The average molecular weight is 441 g/mol. The van der Waals surface area contributed by atoms with Gasteiger partial charge in [-0.15, -0.1) is 0 Å². The van der Waals surface area contributed by atoms with Crippen molar-refractivity contribution in [2.45, 2.75) is 19.4 Å². The van der Waals surface area contributed by atoms with Crippen molar-refractivity contribution in [2.75, 3.05) is 23.0 Å². The first kappa shape index (κ1) is 20.3. The van der Waals surface area contributed by atoms with Gasteiger partial charge in [-0.1, -0.05) is 19.1 Å². The molecule has 0 heterocycles. The van der Waals surface area contributed by atoms with Gasteiger partial charge in [0.2, 0.25) is 15.9 Å². The third kappa shape index (κ3) is 4.76. The molecule has 0 radical (unpaired) electrons. The highest BCUT2D eigenvalue weighted by atomic mass is 79.9. The Bertz CT molecular complexity index is 869. The summed E-state index contributed by atoms with van der Waals surface area (Å²) in [4.78, 5) is 12.8. The summed E-state index contributed by atoms with van der Waals surface area (Å²) in [6.45, 7) is 1.77. The second-order valence-corrected chi connectivity index (χ2v) is 8.36. The maximum absolute atomic E-state index is 12.8. The normalized spacial score (nSPS) is 12.3. The van der Waals surface area contributed by atoms with Crippen LogP contribution in [0.25, 0.3) is 0 Å². The van der Waals surface area contributed by atoms with Gasteiger partial charge in [0.1, 0.15) is 11.8 Å². The standard InChI is InChI=1S/C18H21BrN2O4S/c1-4-17(18(22)20-16-8-6-5-7-15(16)19)21(26(3,23)24)13-9-11-14(25-2)12-10-13/h5-12,17H,4H2,1-3H3,(H,20,22). The Balaban J connectivity index is 2.37. The quantitative estimate of drug-likeness (QED) is 0.712. The van der Waals surface area contributed by atoms with Gasteiger partial charge in [-0.25, -0.2) is 8.42 Å². The van der Waals surface area contributed by atoms with Crippen LogP contribution in [0.1, 0.15) is 13.3 Å². The molecule has 0 aliphatic heterocycles. The lowest BCUT2D eigenvalue weighted by Gasteiger charge is -2.30. The first-order valence-corrected chi connectivity index (χ1v) is 10.6. The number of rotatable bonds is 7. The Hall–Kier alpha value is -2.06. The Morgan fingerprint density at radius 2 is 1.81 bits per heavy atom. The van der Waals surface area contributed by atoms with E-state index < -0.39 is 22.0 Å². The number of methoxy groups -OCH3 is 1. The van der Waals surface area contributed by atoms with Gasteiger partial charge in [0, 0.05) is 4.47 Å². The van der Waals surface area contributed by atoms with E-state index in [-0.39, 0.29) is 0 Å². The number of hydrogen-bond acceptors (Lipinski definition) is 4. The van der Waals surface area contributed by atoms with Crippen LogP contribution in [-0.2, 0) is 14.8 Å². The van der Waals surface area contributed by atoms with Gasteiger partial charge in [-0.05, 0) is 58.7 Å². The van der Waals surface area contributed by atoms with Crippen LogP contribution in [0.5, 0.6) is 5.75 Å². The lowest BCUT2D eigenvalue weighted by Crippen LogP contribution is -2.47. The highest BCUT2D eigenvalue weighted by Crippen LogP contribution is 2.27. The van der Waals surface area contributed by atoms with Crippen molar-refractivity contribution >= 4 is 43.2 Å². The van der Waals surface area contributed by atoms with Crippen LogP contribution in [0.3, 0.4) is 0 Å². The number of sulfonamides is 1. The molecule has 2 aromatic rings. The fourth-order valence-corrected chi connectivity index (χ4v) is 4.16. The lowest BCUT2D eigenvalue weighted by molar-refractivity contribution is -0.117. The molecule has 1 atom stereocenters. The van der Waals surface area contributed by atoms with Crippen LogP contribution in [0.4, 0.5) is 11.4 Å². The second-order valence-electron chi connectivity index (χ2n) is 5.65.